The van der Waals surface area contributed by atoms with E-state index in [1.54, 1.807) is 49.4 Å². The van der Waals surface area contributed by atoms with Crippen LogP contribution in [-0.4, -0.2) is 41.5 Å². The lowest BCUT2D eigenvalue weighted by Crippen LogP contribution is -2.29. The van der Waals surface area contributed by atoms with Gasteiger partial charge in [-0.3, -0.25) is 14.5 Å². The van der Waals surface area contributed by atoms with Crippen molar-refractivity contribution in [3.8, 4) is 5.75 Å². The third-order valence-corrected chi connectivity index (χ3v) is 7.25. The minimum atomic E-state index is -1.02. The second-order valence-corrected chi connectivity index (χ2v) is 9.87. The number of halogens is 1. The summed E-state index contributed by atoms with van der Waals surface area (Å²) in [7, 11) is 1.25. The van der Waals surface area contributed by atoms with Crippen LogP contribution >= 0.6 is 22.9 Å². The summed E-state index contributed by atoms with van der Waals surface area (Å²) in [5, 5.41) is 11.9. The summed E-state index contributed by atoms with van der Waals surface area (Å²) >= 11 is 7.18. The van der Waals surface area contributed by atoms with Gasteiger partial charge in [-0.2, -0.15) is 0 Å². The van der Waals surface area contributed by atoms with E-state index in [0.29, 0.717) is 34.2 Å². The summed E-state index contributed by atoms with van der Waals surface area (Å²) in [5.41, 5.74) is 1.87. The number of aliphatic hydroxyl groups excluding tert-OH is 1. The number of rotatable bonds is 7. The van der Waals surface area contributed by atoms with E-state index in [4.69, 9.17) is 21.1 Å². The molecule has 2 heterocycles. The number of benzene rings is 2. The van der Waals surface area contributed by atoms with Crippen molar-refractivity contribution in [2.45, 2.75) is 33.2 Å². The van der Waals surface area contributed by atoms with Crippen LogP contribution in [0.15, 0.2) is 48.0 Å². The zero-order valence-corrected chi connectivity index (χ0v) is 22.3. The number of ketones is 1. The Balaban J connectivity index is 1.89. The normalized spacial score (nSPS) is 16.8. The van der Waals surface area contributed by atoms with Crippen molar-refractivity contribution >= 4 is 51.5 Å². The van der Waals surface area contributed by atoms with Gasteiger partial charge in [0, 0.05) is 10.6 Å². The molecule has 0 saturated carbocycles. The molecular weight excluding hydrogens is 516 g/mol. The van der Waals surface area contributed by atoms with Gasteiger partial charge in [0.25, 0.3) is 5.78 Å². The number of hydrogen-bond donors (Lipinski definition) is 1. The van der Waals surface area contributed by atoms with Crippen molar-refractivity contribution in [2.75, 3.05) is 18.6 Å². The number of anilines is 1. The fourth-order valence-corrected chi connectivity index (χ4v) is 5.33. The van der Waals surface area contributed by atoms with Gasteiger partial charge in [0.15, 0.2) is 5.13 Å². The minimum Gasteiger partial charge on any atom is -0.507 e. The number of carbonyl (C=O) groups excluding carboxylic acids is 3. The molecule has 0 aliphatic carbocycles. The fraction of sp³-hybridized carbons (Fsp3) is 0.259. The van der Waals surface area contributed by atoms with Gasteiger partial charge >= 0.3 is 11.9 Å². The molecule has 37 heavy (non-hydrogen) atoms. The summed E-state index contributed by atoms with van der Waals surface area (Å²) < 4.78 is 10.5. The number of carbonyl (C=O) groups is 3. The van der Waals surface area contributed by atoms with Crippen molar-refractivity contribution in [3.05, 3.63) is 80.3 Å². The van der Waals surface area contributed by atoms with E-state index < -0.39 is 23.7 Å². The van der Waals surface area contributed by atoms with Gasteiger partial charge in [0.2, 0.25) is 0 Å². The quantitative estimate of drug-likeness (QED) is 0.179. The van der Waals surface area contributed by atoms with E-state index in [9.17, 15) is 19.5 Å². The van der Waals surface area contributed by atoms with Gasteiger partial charge < -0.3 is 14.6 Å². The molecule has 1 saturated heterocycles. The highest BCUT2D eigenvalue weighted by molar-refractivity contribution is 7.17. The second kappa shape index (κ2) is 10.7. The highest BCUT2D eigenvalue weighted by Crippen LogP contribution is 2.44. The third-order valence-electron chi connectivity index (χ3n) is 5.88. The smallest absolute Gasteiger partial charge is 0.350 e. The zero-order chi connectivity index (χ0) is 26.9. The maximum absolute atomic E-state index is 13.4. The molecule has 10 heteroatoms. The van der Waals surface area contributed by atoms with Crippen molar-refractivity contribution in [1.29, 1.82) is 0 Å². The molecule has 0 spiro atoms. The number of methoxy groups -OCH3 is 1. The highest BCUT2D eigenvalue weighted by Gasteiger charge is 2.48. The Morgan fingerprint density at radius 2 is 1.95 bits per heavy atom. The van der Waals surface area contributed by atoms with E-state index in [-0.39, 0.29) is 21.3 Å². The number of nitrogens with zero attached hydrogens (tertiary/aromatic N) is 2. The number of aryl methyl sites for hydroxylation is 2. The summed E-state index contributed by atoms with van der Waals surface area (Å²) in [4.78, 5) is 44.7. The summed E-state index contributed by atoms with van der Waals surface area (Å²) in [6.07, 6.45) is 0.845. The lowest BCUT2D eigenvalue weighted by Gasteiger charge is -2.23. The summed E-state index contributed by atoms with van der Waals surface area (Å²) in [5.74, 6) is -2.02. The first-order chi connectivity index (χ1) is 17.7. The average Bonchev–Trinajstić information content (AvgIpc) is 3.39. The van der Waals surface area contributed by atoms with Crippen LogP contribution < -0.4 is 9.64 Å². The molecule has 1 aliphatic rings. The van der Waals surface area contributed by atoms with Gasteiger partial charge in [0.05, 0.1) is 31.0 Å². The van der Waals surface area contributed by atoms with Crippen LogP contribution in [0, 0.1) is 13.8 Å². The lowest BCUT2D eigenvalue weighted by atomic mass is 9.95. The molecule has 1 amide bonds. The Kier molecular flexibility index (Phi) is 7.65. The average molecular weight is 541 g/mol. The van der Waals surface area contributed by atoms with E-state index >= 15 is 0 Å². The predicted octanol–water partition coefficient (Wildman–Crippen LogP) is 5.62. The van der Waals surface area contributed by atoms with E-state index in [1.807, 2.05) is 13.8 Å². The minimum absolute atomic E-state index is 0.110. The maximum Gasteiger partial charge on any atom is 0.350 e. The van der Waals surface area contributed by atoms with Gasteiger partial charge in [-0.05, 0) is 61.7 Å². The number of Topliss-reactive ketones (excluding diaryl/α,β-unsaturated/α-hetero) is 1. The number of aromatic nitrogens is 1. The number of thiazole rings is 1. The molecule has 8 nitrogen and oxygen atoms in total. The van der Waals surface area contributed by atoms with Gasteiger partial charge in [-0.1, -0.05) is 42.0 Å². The first kappa shape index (κ1) is 26.4. The van der Waals surface area contributed by atoms with Gasteiger partial charge in [-0.25, -0.2) is 9.78 Å². The first-order valence-electron chi connectivity index (χ1n) is 11.5. The fourth-order valence-electron chi connectivity index (χ4n) is 4.12. The Labute approximate surface area is 223 Å². The molecular formula is C27H25ClN2O6S. The van der Waals surface area contributed by atoms with Gasteiger partial charge in [-0.15, -0.1) is 0 Å². The van der Waals surface area contributed by atoms with Crippen LogP contribution in [0.25, 0.3) is 5.76 Å². The molecule has 0 radical (unpaired) electrons. The molecule has 4 rings (SSSR count). The predicted molar refractivity (Wildman–Crippen MR) is 141 cm³/mol. The molecule has 1 aliphatic heterocycles. The van der Waals surface area contributed by atoms with Crippen LogP contribution in [0.1, 0.15) is 51.4 Å². The Morgan fingerprint density at radius 3 is 2.59 bits per heavy atom. The van der Waals surface area contributed by atoms with Crippen LogP contribution in [-0.2, 0) is 14.3 Å². The largest absolute Gasteiger partial charge is 0.507 e. The molecule has 1 fully saturated rings. The summed E-state index contributed by atoms with van der Waals surface area (Å²) in [6, 6.07) is 10.7. The lowest BCUT2D eigenvalue weighted by molar-refractivity contribution is -0.132. The maximum atomic E-state index is 13.4. The Morgan fingerprint density at radius 1 is 1.19 bits per heavy atom. The van der Waals surface area contributed by atoms with Gasteiger partial charge in [0.1, 0.15) is 16.4 Å². The second-order valence-electron chi connectivity index (χ2n) is 8.46. The highest BCUT2D eigenvalue weighted by atomic mass is 35.5. The number of esters is 1. The van der Waals surface area contributed by atoms with E-state index in [1.165, 1.54) is 12.0 Å². The first-order valence-corrected chi connectivity index (χ1v) is 12.7. The number of aliphatic hydroxyl groups is 1. The van der Waals surface area contributed by atoms with Crippen LogP contribution in [0.2, 0.25) is 5.02 Å². The molecule has 1 unspecified atom stereocenters. The van der Waals surface area contributed by atoms with Crippen molar-refractivity contribution in [3.63, 3.8) is 0 Å². The van der Waals surface area contributed by atoms with Crippen molar-refractivity contribution in [1.82, 2.24) is 4.98 Å². The van der Waals surface area contributed by atoms with E-state index in [0.717, 1.165) is 23.3 Å². The van der Waals surface area contributed by atoms with E-state index in [2.05, 4.69) is 4.98 Å². The van der Waals surface area contributed by atoms with Crippen LogP contribution in [0.3, 0.4) is 0 Å². The van der Waals surface area contributed by atoms with Crippen molar-refractivity contribution < 1.29 is 29.0 Å². The van der Waals surface area contributed by atoms with Crippen LogP contribution in [0.4, 0.5) is 5.13 Å². The summed E-state index contributed by atoms with van der Waals surface area (Å²) in [6.45, 7) is 6.00. The van der Waals surface area contributed by atoms with Crippen LogP contribution in [0.5, 0.6) is 5.75 Å². The molecule has 1 atom stereocenters. The Bertz CT molecular complexity index is 1430. The SMILES string of the molecule is CCCOc1ccc(C(O)=C2C(=O)C(=O)N(c3nc(C)c(C(=O)OC)s3)C2c2cccc(Cl)c2)cc1C. The number of ether oxygens (including phenoxy) is 2. The topological polar surface area (TPSA) is 106 Å². The molecule has 3 aromatic rings. The molecule has 0 bridgehead atoms. The third kappa shape index (κ3) is 4.97. The molecule has 2 aromatic carbocycles. The monoisotopic (exact) mass is 540 g/mol. The molecule has 192 valence electrons. The molecule has 1 N–H and O–H groups in total. The number of amides is 1. The standard InChI is InChI=1S/C27H25ClN2O6S/c1-5-11-36-19-10-9-17(12-14(19)2)22(31)20-21(16-7-6-8-18(28)13-16)30(25(33)23(20)32)27-29-15(3)24(37-27)26(34)35-4/h6-10,12-13,21,31H,5,11H2,1-4H3. The molecule has 1 aromatic heterocycles. The Hall–Kier alpha value is -3.69. The van der Waals surface area contributed by atoms with Crippen molar-refractivity contribution in [2.24, 2.45) is 0 Å². The number of hydrogen-bond acceptors (Lipinski definition) is 8. The zero-order valence-electron chi connectivity index (χ0n) is 20.7.